The molecule has 0 bridgehead atoms. The van der Waals surface area contributed by atoms with Gasteiger partial charge in [0.05, 0.1) is 11.0 Å². The molecule has 1 fully saturated rings. The first-order valence-electron chi connectivity index (χ1n) is 4.45. The van der Waals surface area contributed by atoms with Crippen molar-refractivity contribution in [3.05, 3.63) is 39.9 Å². The highest BCUT2D eigenvalue weighted by Crippen LogP contribution is 2.18. The Bertz CT molecular complexity index is 402. The molecule has 0 aromatic heterocycles. The lowest BCUT2D eigenvalue weighted by atomic mass is 10.1. The van der Waals surface area contributed by atoms with E-state index in [1.807, 2.05) is 0 Å². The van der Waals surface area contributed by atoms with Crippen LogP contribution in [0.15, 0.2) is 24.3 Å². The Kier molecular flexibility index (Phi) is 2.24. The number of nitrogens with zero attached hydrogens (tertiary/aromatic N) is 1. The van der Waals surface area contributed by atoms with Crippen molar-refractivity contribution in [1.82, 2.24) is 10.6 Å². The van der Waals surface area contributed by atoms with Gasteiger partial charge in [0.15, 0.2) is 0 Å². The molecule has 0 spiro atoms. The summed E-state index contributed by atoms with van der Waals surface area (Å²) in [7, 11) is 0. The minimum absolute atomic E-state index is 0.0519. The van der Waals surface area contributed by atoms with Crippen LogP contribution in [0.3, 0.4) is 0 Å². The minimum atomic E-state index is -0.449. The van der Waals surface area contributed by atoms with Gasteiger partial charge in [0.1, 0.15) is 0 Å². The Morgan fingerprint density at radius 1 is 1.33 bits per heavy atom. The lowest BCUT2D eigenvalue weighted by Gasteiger charge is -2.07. The SMILES string of the molecule is O=C1NC[C@@H](c2ccc([N+](=O)[O-])cc2)N1. The molecule has 78 valence electrons. The van der Waals surface area contributed by atoms with Crippen LogP contribution < -0.4 is 10.6 Å². The van der Waals surface area contributed by atoms with Crippen LogP contribution in [-0.4, -0.2) is 17.5 Å². The lowest BCUT2D eigenvalue weighted by molar-refractivity contribution is -0.384. The monoisotopic (exact) mass is 207 g/mol. The Morgan fingerprint density at radius 2 is 2.00 bits per heavy atom. The molecule has 0 saturated carbocycles. The van der Waals surface area contributed by atoms with E-state index >= 15 is 0 Å². The molecule has 0 radical (unpaired) electrons. The zero-order chi connectivity index (χ0) is 10.8. The van der Waals surface area contributed by atoms with Crippen LogP contribution in [0.25, 0.3) is 0 Å². The number of rotatable bonds is 2. The summed E-state index contributed by atoms with van der Waals surface area (Å²) in [5, 5.41) is 15.7. The van der Waals surface area contributed by atoms with Crippen molar-refractivity contribution in [1.29, 1.82) is 0 Å². The molecule has 6 nitrogen and oxygen atoms in total. The van der Waals surface area contributed by atoms with Gasteiger partial charge in [-0.3, -0.25) is 10.1 Å². The topological polar surface area (TPSA) is 84.3 Å². The predicted octanol–water partition coefficient (Wildman–Crippen LogP) is 0.949. The number of nitrogens with one attached hydrogen (secondary N) is 2. The summed E-state index contributed by atoms with van der Waals surface area (Å²) in [5.41, 5.74) is 0.912. The fourth-order valence-corrected chi connectivity index (χ4v) is 1.48. The summed E-state index contributed by atoms with van der Waals surface area (Å²) >= 11 is 0. The normalized spacial score (nSPS) is 19.5. The van der Waals surface area contributed by atoms with Crippen LogP contribution >= 0.6 is 0 Å². The average molecular weight is 207 g/mol. The maximum Gasteiger partial charge on any atom is 0.315 e. The van der Waals surface area contributed by atoms with E-state index in [9.17, 15) is 14.9 Å². The molecular formula is C9H9N3O3. The standard InChI is InChI=1S/C9H9N3O3/c13-9-10-5-8(11-9)6-1-3-7(4-2-6)12(14)15/h1-4,8H,5H2,(H2,10,11,13)/t8-/m0/s1. The van der Waals surface area contributed by atoms with Crippen LogP contribution in [0.4, 0.5) is 10.5 Å². The smallest absolute Gasteiger partial charge is 0.315 e. The molecule has 1 aromatic carbocycles. The van der Waals surface area contributed by atoms with Crippen LogP contribution in [-0.2, 0) is 0 Å². The Balaban J connectivity index is 2.17. The molecule has 2 N–H and O–H groups in total. The second kappa shape index (κ2) is 3.56. The molecule has 1 aliphatic rings. The van der Waals surface area contributed by atoms with Crippen molar-refractivity contribution in [2.75, 3.05) is 6.54 Å². The van der Waals surface area contributed by atoms with Gasteiger partial charge in [-0.1, -0.05) is 12.1 Å². The highest BCUT2D eigenvalue weighted by Gasteiger charge is 2.21. The summed E-state index contributed by atoms with van der Waals surface area (Å²) in [4.78, 5) is 20.8. The number of hydrogen-bond donors (Lipinski definition) is 2. The van der Waals surface area contributed by atoms with E-state index in [-0.39, 0.29) is 17.8 Å². The first kappa shape index (κ1) is 9.45. The van der Waals surface area contributed by atoms with Gasteiger partial charge in [0.2, 0.25) is 0 Å². The van der Waals surface area contributed by atoms with Crippen molar-refractivity contribution in [3.63, 3.8) is 0 Å². The van der Waals surface area contributed by atoms with E-state index in [1.165, 1.54) is 12.1 Å². The summed E-state index contributed by atoms with van der Waals surface area (Å²) < 4.78 is 0. The maximum absolute atomic E-state index is 10.9. The average Bonchev–Trinajstić information content (AvgIpc) is 2.65. The van der Waals surface area contributed by atoms with Crippen molar-refractivity contribution >= 4 is 11.7 Å². The third kappa shape index (κ3) is 1.88. The number of hydrogen-bond acceptors (Lipinski definition) is 3. The van der Waals surface area contributed by atoms with E-state index in [0.717, 1.165) is 5.56 Å². The quantitative estimate of drug-likeness (QED) is 0.559. The van der Waals surface area contributed by atoms with Gasteiger partial charge < -0.3 is 10.6 Å². The first-order valence-corrected chi connectivity index (χ1v) is 4.45. The molecule has 6 heteroatoms. The minimum Gasteiger partial charge on any atom is -0.336 e. The van der Waals surface area contributed by atoms with E-state index in [4.69, 9.17) is 0 Å². The molecule has 1 saturated heterocycles. The molecule has 1 atom stereocenters. The number of urea groups is 1. The predicted molar refractivity (Wildman–Crippen MR) is 52.4 cm³/mol. The molecule has 0 unspecified atom stereocenters. The van der Waals surface area contributed by atoms with E-state index in [1.54, 1.807) is 12.1 Å². The number of carbonyl (C=O) groups excluding carboxylic acids is 1. The number of benzene rings is 1. The first-order chi connectivity index (χ1) is 7.16. The number of nitro benzene ring substituents is 1. The van der Waals surface area contributed by atoms with Crippen LogP contribution in [0.1, 0.15) is 11.6 Å². The Labute approximate surface area is 85.4 Å². The van der Waals surface area contributed by atoms with Crippen molar-refractivity contribution in [2.45, 2.75) is 6.04 Å². The zero-order valence-electron chi connectivity index (χ0n) is 7.77. The molecule has 1 heterocycles. The van der Waals surface area contributed by atoms with Crippen molar-refractivity contribution in [2.24, 2.45) is 0 Å². The van der Waals surface area contributed by atoms with Gasteiger partial charge in [0.25, 0.3) is 5.69 Å². The molecule has 1 aromatic rings. The van der Waals surface area contributed by atoms with Crippen LogP contribution in [0.2, 0.25) is 0 Å². The van der Waals surface area contributed by atoms with Gasteiger partial charge >= 0.3 is 6.03 Å². The summed E-state index contributed by atoms with van der Waals surface area (Å²) in [6.07, 6.45) is 0. The van der Waals surface area contributed by atoms with E-state index < -0.39 is 4.92 Å². The summed E-state index contributed by atoms with van der Waals surface area (Å²) in [6.45, 7) is 0.511. The third-order valence-corrected chi connectivity index (χ3v) is 2.28. The van der Waals surface area contributed by atoms with Gasteiger partial charge in [0, 0.05) is 18.7 Å². The fourth-order valence-electron chi connectivity index (χ4n) is 1.48. The largest absolute Gasteiger partial charge is 0.336 e. The molecule has 15 heavy (non-hydrogen) atoms. The molecule has 0 aliphatic carbocycles. The molecule has 1 aliphatic heterocycles. The van der Waals surface area contributed by atoms with Crippen molar-refractivity contribution in [3.8, 4) is 0 Å². The Morgan fingerprint density at radius 3 is 2.47 bits per heavy atom. The highest BCUT2D eigenvalue weighted by atomic mass is 16.6. The highest BCUT2D eigenvalue weighted by molar-refractivity contribution is 5.76. The second-order valence-corrected chi connectivity index (χ2v) is 3.26. The van der Waals surface area contributed by atoms with Gasteiger partial charge in [-0.15, -0.1) is 0 Å². The van der Waals surface area contributed by atoms with Gasteiger partial charge in [-0.25, -0.2) is 4.79 Å². The lowest BCUT2D eigenvalue weighted by Crippen LogP contribution is -2.21. The number of amides is 2. The molecular weight excluding hydrogens is 198 g/mol. The van der Waals surface area contributed by atoms with Crippen LogP contribution in [0, 0.1) is 10.1 Å². The molecule has 2 rings (SSSR count). The Hall–Kier alpha value is -2.11. The number of non-ortho nitro benzene ring substituents is 1. The molecule has 2 amide bonds. The second-order valence-electron chi connectivity index (χ2n) is 3.26. The van der Waals surface area contributed by atoms with Gasteiger partial charge in [-0.05, 0) is 5.56 Å². The number of nitro groups is 1. The zero-order valence-corrected chi connectivity index (χ0v) is 7.77. The number of carbonyl (C=O) groups is 1. The van der Waals surface area contributed by atoms with Crippen LogP contribution in [0.5, 0.6) is 0 Å². The summed E-state index contributed by atoms with van der Waals surface area (Å²) in [5.74, 6) is 0. The third-order valence-electron chi connectivity index (χ3n) is 2.28. The van der Waals surface area contributed by atoms with Crippen molar-refractivity contribution < 1.29 is 9.72 Å². The van der Waals surface area contributed by atoms with E-state index in [0.29, 0.717) is 6.54 Å². The van der Waals surface area contributed by atoms with E-state index in [2.05, 4.69) is 10.6 Å². The maximum atomic E-state index is 10.9. The van der Waals surface area contributed by atoms with Gasteiger partial charge in [-0.2, -0.15) is 0 Å². The fraction of sp³-hybridized carbons (Fsp3) is 0.222. The summed E-state index contributed by atoms with van der Waals surface area (Å²) in [6, 6.07) is 5.85.